The van der Waals surface area contributed by atoms with Crippen molar-refractivity contribution in [2.45, 2.75) is 39.3 Å². The van der Waals surface area contributed by atoms with Gasteiger partial charge in [-0.2, -0.15) is 0 Å². The molecule has 0 amide bonds. The average Bonchev–Trinajstić information content (AvgIpc) is 3.08. The Labute approximate surface area is 138 Å². The number of nitrogens with zero attached hydrogens (tertiary/aromatic N) is 4. The van der Waals surface area contributed by atoms with Crippen molar-refractivity contribution in [3.63, 3.8) is 0 Å². The van der Waals surface area contributed by atoms with Crippen LogP contribution in [0.25, 0.3) is 16.9 Å². The van der Waals surface area contributed by atoms with Crippen LogP contribution in [0.2, 0.25) is 25.7 Å². The van der Waals surface area contributed by atoms with E-state index in [1.165, 1.54) is 6.04 Å². The normalized spacial score (nSPS) is 12.2. The van der Waals surface area contributed by atoms with Gasteiger partial charge in [0.15, 0.2) is 0 Å². The van der Waals surface area contributed by atoms with Gasteiger partial charge in [-0.15, -0.1) is 0 Å². The first-order chi connectivity index (χ1) is 10.9. The Hall–Kier alpha value is -1.92. The van der Waals surface area contributed by atoms with Crippen LogP contribution in [-0.2, 0) is 11.5 Å². The van der Waals surface area contributed by atoms with Crippen LogP contribution in [0.3, 0.4) is 0 Å². The molecule has 0 bridgehead atoms. The number of aromatic nitrogens is 4. The summed E-state index contributed by atoms with van der Waals surface area (Å²) in [4.78, 5) is 8.80. The van der Waals surface area contributed by atoms with Crippen molar-refractivity contribution in [1.82, 2.24) is 18.9 Å². The van der Waals surface area contributed by atoms with Crippen LogP contribution >= 0.6 is 0 Å². The highest BCUT2D eigenvalue weighted by Crippen LogP contribution is 2.22. The van der Waals surface area contributed by atoms with Gasteiger partial charge < -0.3 is 13.7 Å². The molecular formula is C17H24N4OSi. The lowest BCUT2D eigenvalue weighted by Gasteiger charge is -2.16. The van der Waals surface area contributed by atoms with Crippen molar-refractivity contribution >= 4 is 13.7 Å². The van der Waals surface area contributed by atoms with Crippen LogP contribution in [0, 0.1) is 6.92 Å². The van der Waals surface area contributed by atoms with Crippen molar-refractivity contribution in [3.8, 4) is 11.3 Å². The van der Waals surface area contributed by atoms with E-state index in [2.05, 4.69) is 46.3 Å². The lowest BCUT2D eigenvalue weighted by atomic mass is 10.2. The van der Waals surface area contributed by atoms with Crippen LogP contribution in [0.4, 0.5) is 0 Å². The second-order valence-corrected chi connectivity index (χ2v) is 12.7. The summed E-state index contributed by atoms with van der Waals surface area (Å²) in [5, 5.41) is 0. The minimum atomic E-state index is -1.05. The number of hydrogen-bond donors (Lipinski definition) is 0. The lowest BCUT2D eigenvalue weighted by Crippen LogP contribution is -2.22. The molecule has 122 valence electrons. The fraction of sp³-hybridized carbons (Fsp3) is 0.412. The van der Waals surface area contributed by atoms with E-state index in [0.717, 1.165) is 29.3 Å². The molecule has 0 aliphatic heterocycles. The maximum absolute atomic E-state index is 5.91. The van der Waals surface area contributed by atoms with Crippen LogP contribution < -0.4 is 0 Å². The van der Waals surface area contributed by atoms with Gasteiger partial charge in [0.25, 0.3) is 0 Å². The van der Waals surface area contributed by atoms with Gasteiger partial charge in [-0.25, -0.2) is 9.97 Å². The summed E-state index contributed by atoms with van der Waals surface area (Å²) in [6, 6.07) is 5.34. The predicted molar refractivity (Wildman–Crippen MR) is 95.3 cm³/mol. The summed E-state index contributed by atoms with van der Waals surface area (Å²) in [6.45, 7) is 10.5. The minimum absolute atomic E-state index is 0.547. The Morgan fingerprint density at radius 1 is 1.17 bits per heavy atom. The first-order valence-electron chi connectivity index (χ1n) is 7.97. The molecular weight excluding hydrogens is 304 g/mol. The fourth-order valence-electron chi connectivity index (χ4n) is 2.47. The predicted octanol–water partition coefficient (Wildman–Crippen LogP) is 3.82. The number of aryl methyl sites for hydroxylation is 1. The number of ether oxygens (including phenoxy) is 1. The monoisotopic (exact) mass is 328 g/mol. The van der Waals surface area contributed by atoms with E-state index in [1.807, 2.05) is 29.9 Å². The van der Waals surface area contributed by atoms with Crippen molar-refractivity contribution in [1.29, 1.82) is 0 Å². The molecule has 0 fully saturated rings. The summed E-state index contributed by atoms with van der Waals surface area (Å²) >= 11 is 0. The number of rotatable bonds is 6. The highest BCUT2D eigenvalue weighted by atomic mass is 28.3. The second kappa shape index (κ2) is 6.29. The molecule has 6 heteroatoms. The third kappa shape index (κ3) is 3.71. The Morgan fingerprint density at radius 3 is 2.78 bits per heavy atom. The molecule has 0 aliphatic rings. The molecule has 0 unspecified atom stereocenters. The van der Waals surface area contributed by atoms with E-state index in [1.54, 1.807) is 6.20 Å². The Morgan fingerprint density at radius 2 is 2.00 bits per heavy atom. The highest BCUT2D eigenvalue weighted by molar-refractivity contribution is 6.76. The summed E-state index contributed by atoms with van der Waals surface area (Å²) in [5.41, 5.74) is 3.12. The summed E-state index contributed by atoms with van der Waals surface area (Å²) in [7, 11) is -1.05. The first kappa shape index (κ1) is 16.0. The molecule has 0 atom stereocenters. The topological polar surface area (TPSA) is 44.4 Å². The van der Waals surface area contributed by atoms with Crippen LogP contribution in [0.5, 0.6) is 0 Å². The number of hydrogen-bond acceptors (Lipinski definition) is 3. The first-order valence-corrected chi connectivity index (χ1v) is 11.7. The maximum atomic E-state index is 5.91. The van der Waals surface area contributed by atoms with Crippen molar-refractivity contribution < 1.29 is 4.74 Å². The van der Waals surface area contributed by atoms with E-state index in [9.17, 15) is 0 Å². The van der Waals surface area contributed by atoms with Gasteiger partial charge in [-0.1, -0.05) is 19.6 Å². The molecule has 23 heavy (non-hydrogen) atoms. The lowest BCUT2D eigenvalue weighted by molar-refractivity contribution is 0.0868. The molecule has 0 aromatic carbocycles. The Balaban J connectivity index is 1.78. The summed E-state index contributed by atoms with van der Waals surface area (Å²) < 4.78 is 10.0. The van der Waals surface area contributed by atoms with Gasteiger partial charge in [0.1, 0.15) is 18.2 Å². The molecule has 3 aromatic heterocycles. The molecule has 0 saturated heterocycles. The van der Waals surface area contributed by atoms with Gasteiger partial charge in [0, 0.05) is 38.8 Å². The zero-order chi connectivity index (χ0) is 16.4. The number of imidazole rings is 2. The van der Waals surface area contributed by atoms with Crippen LogP contribution in [-0.4, -0.2) is 33.6 Å². The molecule has 0 N–H and O–H groups in total. The second-order valence-electron chi connectivity index (χ2n) is 7.07. The van der Waals surface area contributed by atoms with E-state index in [4.69, 9.17) is 4.74 Å². The average molecular weight is 328 g/mol. The highest BCUT2D eigenvalue weighted by Gasteiger charge is 2.13. The van der Waals surface area contributed by atoms with Gasteiger partial charge >= 0.3 is 0 Å². The van der Waals surface area contributed by atoms with Gasteiger partial charge in [-0.3, -0.25) is 0 Å². The number of pyridine rings is 1. The van der Waals surface area contributed by atoms with Crippen LogP contribution in [0.1, 0.15) is 5.82 Å². The molecule has 3 heterocycles. The Bertz CT molecular complexity index is 800. The molecule has 5 nitrogen and oxygen atoms in total. The third-order valence-electron chi connectivity index (χ3n) is 3.97. The smallest absolute Gasteiger partial charge is 0.137 e. The zero-order valence-corrected chi connectivity index (χ0v) is 15.3. The molecule has 3 aromatic rings. The van der Waals surface area contributed by atoms with E-state index >= 15 is 0 Å². The van der Waals surface area contributed by atoms with E-state index < -0.39 is 8.07 Å². The molecule has 3 rings (SSSR count). The van der Waals surface area contributed by atoms with E-state index in [-0.39, 0.29) is 0 Å². The Kier molecular flexibility index (Phi) is 4.36. The standard InChI is InChI=1S/C17H24N4OSi/c1-14-19-12-16(21(14)13-22-9-10-23(2,3)4)15-5-7-20-8-6-18-17(20)11-15/h5-8,11-12H,9-10,13H2,1-4H3. The minimum Gasteiger partial charge on any atom is -0.361 e. The quantitative estimate of drug-likeness (QED) is 0.510. The molecule has 0 spiro atoms. The molecule has 0 saturated carbocycles. The number of fused-ring (bicyclic) bond motifs is 1. The molecule has 0 aliphatic carbocycles. The zero-order valence-electron chi connectivity index (χ0n) is 14.3. The van der Waals surface area contributed by atoms with E-state index in [0.29, 0.717) is 6.73 Å². The van der Waals surface area contributed by atoms with Crippen molar-refractivity contribution in [3.05, 3.63) is 42.7 Å². The third-order valence-corrected chi connectivity index (χ3v) is 5.67. The van der Waals surface area contributed by atoms with Crippen LogP contribution in [0.15, 0.2) is 36.9 Å². The van der Waals surface area contributed by atoms with Crippen molar-refractivity contribution in [2.75, 3.05) is 6.61 Å². The van der Waals surface area contributed by atoms with Gasteiger partial charge in [0.05, 0.1) is 11.9 Å². The maximum Gasteiger partial charge on any atom is 0.137 e. The summed E-state index contributed by atoms with van der Waals surface area (Å²) in [6.07, 6.45) is 7.69. The summed E-state index contributed by atoms with van der Waals surface area (Å²) in [5.74, 6) is 0.969. The van der Waals surface area contributed by atoms with Gasteiger partial charge in [-0.05, 0) is 25.1 Å². The van der Waals surface area contributed by atoms with Gasteiger partial charge in [0.2, 0.25) is 0 Å². The van der Waals surface area contributed by atoms with Crippen molar-refractivity contribution in [2.24, 2.45) is 0 Å². The molecule has 0 radical (unpaired) electrons. The SMILES string of the molecule is Cc1ncc(-c2ccn3ccnc3c2)n1COCC[Si](C)(C)C. The fourth-order valence-corrected chi connectivity index (χ4v) is 3.22. The largest absolute Gasteiger partial charge is 0.361 e.